The number of hydrogen-bond acceptors (Lipinski definition) is 6. The van der Waals surface area contributed by atoms with Gasteiger partial charge in [0, 0.05) is 29.2 Å². The maximum atomic E-state index is 12.4. The van der Waals surface area contributed by atoms with E-state index in [1.54, 1.807) is 12.4 Å². The smallest absolute Gasteiger partial charge is 0.250 e. The number of thioether (sulfide) groups is 1. The van der Waals surface area contributed by atoms with Crippen LogP contribution in [0, 0.1) is 6.92 Å². The zero-order chi connectivity index (χ0) is 22.3. The van der Waals surface area contributed by atoms with E-state index in [1.165, 1.54) is 17.3 Å². The summed E-state index contributed by atoms with van der Waals surface area (Å²) in [4.78, 5) is 16.5. The Morgan fingerprint density at radius 2 is 1.81 bits per heavy atom. The summed E-state index contributed by atoms with van der Waals surface area (Å²) in [5, 5.41) is 13.6. The summed E-state index contributed by atoms with van der Waals surface area (Å²) in [6.45, 7) is 3.87. The van der Waals surface area contributed by atoms with Crippen LogP contribution in [-0.2, 0) is 4.79 Å². The molecule has 0 bridgehead atoms. The van der Waals surface area contributed by atoms with E-state index in [4.69, 9.17) is 0 Å². The Labute approximate surface area is 190 Å². The molecule has 2 heterocycles. The quantitative estimate of drug-likeness (QED) is 0.262. The Balaban J connectivity index is 1.53. The van der Waals surface area contributed by atoms with Crippen molar-refractivity contribution < 1.29 is 4.79 Å². The van der Waals surface area contributed by atoms with Crippen LogP contribution in [0.15, 0.2) is 89.4 Å². The van der Waals surface area contributed by atoms with Gasteiger partial charge in [0.1, 0.15) is 0 Å². The zero-order valence-corrected chi connectivity index (χ0v) is 18.6. The van der Waals surface area contributed by atoms with Gasteiger partial charge < -0.3 is 0 Å². The molecule has 8 heteroatoms. The molecule has 0 unspecified atom stereocenters. The predicted molar refractivity (Wildman–Crippen MR) is 127 cm³/mol. The Kier molecular flexibility index (Phi) is 6.72. The normalized spacial score (nSPS) is 11.4. The number of benzene rings is 2. The second-order valence-electron chi connectivity index (χ2n) is 7.11. The molecule has 0 aliphatic carbocycles. The topological polar surface area (TPSA) is 85.1 Å². The van der Waals surface area contributed by atoms with Crippen molar-refractivity contribution in [3.8, 4) is 17.1 Å². The van der Waals surface area contributed by atoms with Crippen molar-refractivity contribution in [3.63, 3.8) is 0 Å². The second kappa shape index (κ2) is 10.0. The summed E-state index contributed by atoms with van der Waals surface area (Å²) < 4.78 is 1.97. The highest BCUT2D eigenvalue weighted by molar-refractivity contribution is 7.99. The summed E-state index contributed by atoms with van der Waals surface area (Å²) in [5.41, 5.74) is 7.19. The van der Waals surface area contributed by atoms with Crippen molar-refractivity contribution in [2.75, 3.05) is 5.75 Å². The molecule has 1 amide bonds. The van der Waals surface area contributed by atoms with Crippen molar-refractivity contribution in [3.05, 3.63) is 90.3 Å². The van der Waals surface area contributed by atoms with E-state index in [-0.39, 0.29) is 11.7 Å². The Bertz CT molecular complexity index is 1220. The van der Waals surface area contributed by atoms with Crippen LogP contribution < -0.4 is 5.43 Å². The molecule has 0 spiro atoms. The lowest BCUT2D eigenvalue weighted by atomic mass is 10.2. The van der Waals surface area contributed by atoms with Crippen LogP contribution in [0.1, 0.15) is 18.1 Å². The minimum atomic E-state index is -0.224. The number of carbonyl (C=O) groups is 1. The first-order valence-corrected chi connectivity index (χ1v) is 11.0. The Morgan fingerprint density at radius 1 is 1.03 bits per heavy atom. The minimum Gasteiger partial charge on any atom is -0.272 e. The van der Waals surface area contributed by atoms with Gasteiger partial charge in [0.05, 0.1) is 11.5 Å². The summed E-state index contributed by atoms with van der Waals surface area (Å²) in [6, 6.07) is 21.7. The number of carbonyl (C=O) groups excluding carboxylic acids is 1. The first kappa shape index (κ1) is 21.5. The van der Waals surface area contributed by atoms with Crippen LogP contribution in [0.3, 0.4) is 0 Å². The maximum absolute atomic E-state index is 12.4. The van der Waals surface area contributed by atoms with Gasteiger partial charge >= 0.3 is 0 Å². The lowest BCUT2D eigenvalue weighted by Gasteiger charge is -2.10. The van der Waals surface area contributed by atoms with Crippen LogP contribution in [0.5, 0.6) is 0 Å². The van der Waals surface area contributed by atoms with Crippen LogP contribution in [0.25, 0.3) is 17.1 Å². The molecule has 7 nitrogen and oxygen atoms in total. The van der Waals surface area contributed by atoms with E-state index < -0.39 is 0 Å². The Morgan fingerprint density at radius 3 is 2.53 bits per heavy atom. The molecule has 160 valence electrons. The number of aromatic nitrogens is 4. The molecule has 4 aromatic rings. The number of nitrogens with one attached hydrogen (secondary N) is 1. The number of hydrogen-bond donors (Lipinski definition) is 1. The fourth-order valence-electron chi connectivity index (χ4n) is 3.01. The van der Waals surface area contributed by atoms with Gasteiger partial charge in [-0.25, -0.2) is 5.43 Å². The van der Waals surface area contributed by atoms with Crippen molar-refractivity contribution in [2.45, 2.75) is 19.0 Å². The molecule has 0 fully saturated rings. The SMILES string of the molecule is CC(=NNC(=O)CSc1nnc(-c2ccccc2)n1-c1ccc(C)cc1)c1cccnc1. The molecular weight excluding hydrogens is 420 g/mol. The number of hydrazone groups is 1. The van der Waals surface area contributed by atoms with Gasteiger partial charge in [-0.15, -0.1) is 10.2 Å². The van der Waals surface area contributed by atoms with E-state index in [0.717, 1.165) is 22.6 Å². The van der Waals surface area contributed by atoms with Crippen molar-refractivity contribution in [1.82, 2.24) is 25.2 Å². The van der Waals surface area contributed by atoms with Gasteiger partial charge in [0.25, 0.3) is 5.91 Å². The maximum Gasteiger partial charge on any atom is 0.250 e. The number of aryl methyl sites for hydroxylation is 1. The summed E-state index contributed by atoms with van der Waals surface area (Å²) >= 11 is 1.31. The predicted octanol–water partition coefficient (Wildman–Crippen LogP) is 4.27. The highest BCUT2D eigenvalue weighted by atomic mass is 32.2. The minimum absolute atomic E-state index is 0.155. The lowest BCUT2D eigenvalue weighted by molar-refractivity contribution is -0.118. The number of amides is 1. The molecule has 1 N–H and O–H groups in total. The van der Waals surface area contributed by atoms with Crippen molar-refractivity contribution in [2.24, 2.45) is 5.10 Å². The molecule has 0 atom stereocenters. The second-order valence-corrected chi connectivity index (χ2v) is 8.05. The zero-order valence-electron chi connectivity index (χ0n) is 17.8. The molecule has 0 saturated carbocycles. The average molecular weight is 443 g/mol. The van der Waals surface area contributed by atoms with Gasteiger partial charge in [0.15, 0.2) is 11.0 Å². The molecule has 0 saturated heterocycles. The van der Waals surface area contributed by atoms with Crippen LogP contribution >= 0.6 is 11.8 Å². The average Bonchev–Trinajstić information content (AvgIpc) is 3.27. The third-order valence-electron chi connectivity index (χ3n) is 4.72. The number of nitrogens with zero attached hydrogens (tertiary/aromatic N) is 5. The largest absolute Gasteiger partial charge is 0.272 e. The van der Waals surface area contributed by atoms with Crippen LogP contribution in [-0.4, -0.2) is 37.1 Å². The fraction of sp³-hybridized carbons (Fsp3) is 0.125. The monoisotopic (exact) mass is 442 g/mol. The van der Waals surface area contributed by atoms with E-state index in [2.05, 4.69) is 25.7 Å². The molecule has 0 aliphatic rings. The van der Waals surface area contributed by atoms with Crippen LogP contribution in [0.2, 0.25) is 0 Å². The molecule has 2 aromatic heterocycles. The molecule has 32 heavy (non-hydrogen) atoms. The van der Waals surface area contributed by atoms with Gasteiger partial charge in [-0.05, 0) is 32.0 Å². The molecule has 4 rings (SSSR count). The third kappa shape index (κ3) is 5.09. The standard InChI is InChI=1S/C24H22N6OS/c1-17-10-12-21(13-11-17)30-23(19-7-4-3-5-8-19)28-29-24(30)32-16-22(31)27-26-18(2)20-9-6-14-25-15-20/h3-15H,16H2,1-2H3,(H,27,31). The molecule has 0 aliphatic heterocycles. The molecular formula is C24H22N6OS. The third-order valence-corrected chi connectivity index (χ3v) is 5.65. The van der Waals surface area contributed by atoms with Gasteiger partial charge in [-0.1, -0.05) is 65.9 Å². The van der Waals surface area contributed by atoms with E-state index in [9.17, 15) is 4.79 Å². The molecule has 2 aromatic carbocycles. The summed E-state index contributed by atoms with van der Waals surface area (Å²) in [7, 11) is 0. The van der Waals surface area contributed by atoms with E-state index >= 15 is 0 Å². The number of pyridine rings is 1. The Hall–Kier alpha value is -3.78. The van der Waals surface area contributed by atoms with Crippen LogP contribution in [0.4, 0.5) is 0 Å². The highest BCUT2D eigenvalue weighted by Crippen LogP contribution is 2.28. The van der Waals surface area contributed by atoms with Gasteiger partial charge in [0.2, 0.25) is 0 Å². The highest BCUT2D eigenvalue weighted by Gasteiger charge is 2.17. The van der Waals surface area contributed by atoms with E-state index in [1.807, 2.05) is 85.1 Å². The number of rotatable bonds is 7. The van der Waals surface area contributed by atoms with E-state index in [0.29, 0.717) is 10.9 Å². The van der Waals surface area contributed by atoms with Gasteiger partial charge in [-0.3, -0.25) is 14.3 Å². The van der Waals surface area contributed by atoms with Crippen molar-refractivity contribution >= 4 is 23.4 Å². The van der Waals surface area contributed by atoms with Crippen molar-refractivity contribution in [1.29, 1.82) is 0 Å². The first-order chi connectivity index (χ1) is 15.6. The first-order valence-electron chi connectivity index (χ1n) is 10.1. The molecule has 0 radical (unpaired) electrons. The lowest BCUT2D eigenvalue weighted by Crippen LogP contribution is -2.21. The van der Waals surface area contributed by atoms with Gasteiger partial charge in [-0.2, -0.15) is 5.10 Å². The fourth-order valence-corrected chi connectivity index (χ4v) is 3.76. The summed E-state index contributed by atoms with van der Waals surface area (Å²) in [6.07, 6.45) is 3.40. The summed E-state index contributed by atoms with van der Waals surface area (Å²) in [5.74, 6) is 0.656.